The molecule has 0 saturated carbocycles. The molecule has 218 valence electrons. The van der Waals surface area contributed by atoms with Gasteiger partial charge >= 0.3 is 0 Å². The molecule has 11 heteroatoms. The second-order valence-electron chi connectivity index (χ2n) is 11.6. The Bertz CT molecular complexity index is 1610. The molecule has 2 aliphatic heterocycles. The Morgan fingerprint density at radius 2 is 1.93 bits per heavy atom. The van der Waals surface area contributed by atoms with E-state index < -0.39 is 0 Å². The van der Waals surface area contributed by atoms with Crippen molar-refractivity contribution in [2.24, 2.45) is 16.8 Å². The Hall–Kier alpha value is -4.51. The zero-order valence-electron chi connectivity index (χ0n) is 24.2. The topological polar surface area (TPSA) is 128 Å². The zero-order chi connectivity index (χ0) is 29.4. The monoisotopic (exact) mass is 569 g/mol. The SMILES string of the molecule is CC(C)CC(=O)Nc1cncc(-c2cc(F)c3c(c2)C(c2nc4c([nH]2)CC(N)=CC=C4N2CCN(C)CC2)=NNC3)c1. The number of piperazine rings is 1. The lowest BCUT2D eigenvalue weighted by Gasteiger charge is -2.35. The molecular weight excluding hydrogens is 533 g/mol. The van der Waals surface area contributed by atoms with Crippen molar-refractivity contribution in [1.82, 2.24) is 30.2 Å². The molecule has 1 aliphatic carbocycles. The number of carbonyl (C=O) groups excluding carboxylic acids is 1. The first kappa shape index (κ1) is 27.6. The number of pyridine rings is 1. The number of rotatable bonds is 6. The van der Waals surface area contributed by atoms with Gasteiger partial charge in [-0.25, -0.2) is 9.37 Å². The maximum absolute atomic E-state index is 15.6. The summed E-state index contributed by atoms with van der Waals surface area (Å²) in [5.74, 6) is 0.348. The van der Waals surface area contributed by atoms with Crippen LogP contribution in [0, 0.1) is 11.7 Å². The summed E-state index contributed by atoms with van der Waals surface area (Å²) in [5.41, 5.74) is 16.4. The second kappa shape index (κ2) is 11.4. The van der Waals surface area contributed by atoms with Gasteiger partial charge in [0.15, 0.2) is 5.82 Å². The van der Waals surface area contributed by atoms with E-state index in [4.69, 9.17) is 10.7 Å². The number of anilines is 1. The van der Waals surface area contributed by atoms with Crippen LogP contribution in [0.3, 0.4) is 0 Å². The molecule has 1 aromatic carbocycles. The first-order chi connectivity index (χ1) is 20.2. The van der Waals surface area contributed by atoms with E-state index >= 15 is 4.39 Å². The fraction of sp³-hybridized carbons (Fsp3) is 0.355. The highest BCUT2D eigenvalue weighted by Gasteiger charge is 2.28. The van der Waals surface area contributed by atoms with Crippen LogP contribution in [0.15, 0.2) is 53.5 Å². The normalized spacial score (nSPS) is 17.0. The first-order valence-electron chi connectivity index (χ1n) is 14.3. The molecular formula is C31H36FN9O. The molecule has 4 heterocycles. The number of allylic oxidation sites excluding steroid dienone is 3. The number of likely N-dealkylation sites (N-methyl/N-ethyl adjacent to an activating group) is 1. The van der Waals surface area contributed by atoms with Gasteiger partial charge in [0, 0.05) is 67.6 Å². The number of nitrogens with two attached hydrogens (primary N) is 1. The summed E-state index contributed by atoms with van der Waals surface area (Å²) in [4.78, 5) is 29.8. The molecule has 1 fully saturated rings. The van der Waals surface area contributed by atoms with Crippen molar-refractivity contribution in [3.05, 3.63) is 82.6 Å². The number of halogens is 1. The van der Waals surface area contributed by atoms with Crippen molar-refractivity contribution >= 4 is 23.0 Å². The average Bonchev–Trinajstić information content (AvgIpc) is 3.29. The van der Waals surface area contributed by atoms with Gasteiger partial charge in [0.1, 0.15) is 17.2 Å². The number of hydrazone groups is 1. The number of nitrogens with one attached hydrogen (secondary N) is 3. The summed E-state index contributed by atoms with van der Waals surface area (Å²) in [6, 6.07) is 5.22. The molecule has 6 rings (SSSR count). The van der Waals surface area contributed by atoms with Crippen molar-refractivity contribution in [2.45, 2.75) is 33.2 Å². The summed E-state index contributed by atoms with van der Waals surface area (Å²) in [6.45, 7) is 7.95. The van der Waals surface area contributed by atoms with Gasteiger partial charge in [-0.05, 0) is 48.9 Å². The third-order valence-electron chi connectivity index (χ3n) is 7.77. The third-order valence-corrected chi connectivity index (χ3v) is 7.77. The van der Waals surface area contributed by atoms with Gasteiger partial charge in [-0.2, -0.15) is 5.10 Å². The minimum Gasteiger partial charge on any atom is -0.402 e. The molecule has 1 saturated heterocycles. The standard InChI is InChI=1S/C31H36FN9O/c1-18(2)10-28(42)36-22-11-20(15-34-16-22)19-12-23-24(25(32)13-19)17-35-39-29(23)31-37-26-14-21(33)4-5-27(30(26)38-31)41-8-6-40(3)7-9-41/h4-5,11-13,15-16,18,35H,6-10,14,17,33H2,1-3H3,(H,36,42)(H,37,38). The highest BCUT2D eigenvalue weighted by atomic mass is 19.1. The Balaban J connectivity index is 1.35. The highest BCUT2D eigenvalue weighted by molar-refractivity contribution is 6.12. The van der Waals surface area contributed by atoms with Crippen LogP contribution in [0.1, 0.15) is 48.6 Å². The van der Waals surface area contributed by atoms with Gasteiger partial charge in [-0.15, -0.1) is 0 Å². The minimum atomic E-state index is -0.352. The number of benzene rings is 1. The summed E-state index contributed by atoms with van der Waals surface area (Å²) < 4.78 is 15.6. The van der Waals surface area contributed by atoms with Crippen LogP contribution in [-0.2, 0) is 17.8 Å². The van der Waals surface area contributed by atoms with Crippen LogP contribution in [0.2, 0.25) is 0 Å². The highest BCUT2D eigenvalue weighted by Crippen LogP contribution is 2.31. The molecule has 10 nitrogen and oxygen atoms in total. The van der Waals surface area contributed by atoms with Gasteiger partial charge in [-0.1, -0.05) is 13.8 Å². The molecule has 0 radical (unpaired) electrons. The van der Waals surface area contributed by atoms with Crippen molar-refractivity contribution in [3.63, 3.8) is 0 Å². The fourth-order valence-electron chi connectivity index (χ4n) is 5.57. The van der Waals surface area contributed by atoms with Crippen LogP contribution < -0.4 is 16.5 Å². The number of aromatic nitrogens is 3. The molecule has 0 spiro atoms. The molecule has 42 heavy (non-hydrogen) atoms. The zero-order valence-corrected chi connectivity index (χ0v) is 24.2. The summed E-state index contributed by atoms with van der Waals surface area (Å²) in [6.07, 6.45) is 8.18. The van der Waals surface area contributed by atoms with Crippen molar-refractivity contribution in [1.29, 1.82) is 0 Å². The summed E-state index contributed by atoms with van der Waals surface area (Å²) in [5, 5.41) is 7.48. The molecule has 3 aliphatic rings. The van der Waals surface area contributed by atoms with Gasteiger partial charge in [0.05, 0.1) is 29.8 Å². The van der Waals surface area contributed by atoms with Crippen LogP contribution in [0.5, 0.6) is 0 Å². The van der Waals surface area contributed by atoms with E-state index in [2.05, 4.69) is 42.7 Å². The van der Waals surface area contributed by atoms with E-state index in [9.17, 15) is 4.79 Å². The lowest BCUT2D eigenvalue weighted by Crippen LogP contribution is -2.43. The number of carbonyl (C=O) groups is 1. The lowest BCUT2D eigenvalue weighted by atomic mass is 9.95. The predicted molar refractivity (Wildman–Crippen MR) is 162 cm³/mol. The number of hydrogen-bond acceptors (Lipinski definition) is 8. The molecule has 0 atom stereocenters. The lowest BCUT2D eigenvalue weighted by molar-refractivity contribution is -0.116. The summed E-state index contributed by atoms with van der Waals surface area (Å²) in [7, 11) is 2.13. The van der Waals surface area contributed by atoms with Gasteiger partial charge in [-0.3, -0.25) is 9.78 Å². The smallest absolute Gasteiger partial charge is 0.224 e. The molecule has 5 N–H and O–H groups in total. The maximum Gasteiger partial charge on any atom is 0.224 e. The molecule has 1 amide bonds. The quantitative estimate of drug-likeness (QED) is 0.358. The maximum atomic E-state index is 15.6. The molecule has 0 unspecified atom stereocenters. The van der Waals surface area contributed by atoms with Crippen molar-refractivity contribution in [3.8, 4) is 11.1 Å². The van der Waals surface area contributed by atoms with E-state index in [1.807, 2.05) is 38.1 Å². The number of hydrogen-bond donors (Lipinski definition) is 4. The van der Waals surface area contributed by atoms with Crippen LogP contribution in [-0.4, -0.2) is 69.6 Å². The van der Waals surface area contributed by atoms with Crippen molar-refractivity contribution < 1.29 is 9.18 Å². The number of aromatic amines is 1. The fourth-order valence-corrected chi connectivity index (χ4v) is 5.57. The van der Waals surface area contributed by atoms with E-state index in [-0.39, 0.29) is 24.2 Å². The Morgan fingerprint density at radius 1 is 1.12 bits per heavy atom. The predicted octanol–water partition coefficient (Wildman–Crippen LogP) is 3.44. The van der Waals surface area contributed by atoms with Gasteiger partial charge in [0.2, 0.25) is 5.91 Å². The van der Waals surface area contributed by atoms with Gasteiger partial charge < -0.3 is 31.3 Å². The van der Waals surface area contributed by atoms with Crippen molar-refractivity contribution in [2.75, 3.05) is 38.5 Å². The van der Waals surface area contributed by atoms with Crippen LogP contribution in [0.25, 0.3) is 16.8 Å². The third kappa shape index (κ3) is 5.64. The minimum absolute atomic E-state index is 0.0841. The Kier molecular flexibility index (Phi) is 7.51. The molecule has 2 aromatic heterocycles. The van der Waals surface area contributed by atoms with Crippen LogP contribution >= 0.6 is 0 Å². The number of imidazole rings is 1. The number of nitrogens with zero attached hydrogens (tertiary/aromatic N) is 5. The average molecular weight is 570 g/mol. The van der Waals surface area contributed by atoms with E-state index in [1.165, 1.54) is 6.07 Å². The second-order valence-corrected chi connectivity index (χ2v) is 11.6. The number of amides is 1. The van der Waals surface area contributed by atoms with E-state index in [0.29, 0.717) is 52.3 Å². The van der Waals surface area contributed by atoms with E-state index in [1.54, 1.807) is 12.4 Å². The van der Waals surface area contributed by atoms with Gasteiger partial charge in [0.25, 0.3) is 0 Å². The molecule has 0 bridgehead atoms. The largest absolute Gasteiger partial charge is 0.402 e. The van der Waals surface area contributed by atoms with Crippen LogP contribution in [0.4, 0.5) is 10.1 Å². The first-order valence-corrected chi connectivity index (χ1v) is 14.3. The molecule has 3 aromatic rings. The van der Waals surface area contributed by atoms with E-state index in [0.717, 1.165) is 49.0 Å². The number of fused-ring (bicyclic) bond motifs is 2. The number of H-pyrrole nitrogens is 1. The summed E-state index contributed by atoms with van der Waals surface area (Å²) >= 11 is 0. The Labute approximate surface area is 244 Å². The Morgan fingerprint density at radius 3 is 2.71 bits per heavy atom.